The van der Waals surface area contributed by atoms with Crippen molar-refractivity contribution in [1.29, 1.82) is 0 Å². The minimum Gasteiger partial charge on any atom is -0.338 e. The van der Waals surface area contributed by atoms with E-state index in [-0.39, 0.29) is 11.9 Å². The topological polar surface area (TPSA) is 61.4 Å². The van der Waals surface area contributed by atoms with Crippen molar-refractivity contribution in [2.45, 2.75) is 40.0 Å². The number of hydrogen-bond donors (Lipinski definition) is 2. The standard InChI is InChI=1S/C17H25N3O2/c1-4-18-17(22)19-14-6-7-15-13(11-14)5-8-16(21)20(15)10-9-12(2)3/h6-7,11-12H,4-5,8-10H2,1-3H3,(H2,18,19,22). The zero-order valence-electron chi connectivity index (χ0n) is 13.6. The van der Waals surface area contributed by atoms with Crippen LogP contribution in [-0.2, 0) is 11.2 Å². The predicted octanol–water partition coefficient (Wildman–Crippen LogP) is 3.15. The van der Waals surface area contributed by atoms with Crippen molar-refractivity contribution in [2.75, 3.05) is 23.3 Å². The second kappa shape index (κ2) is 7.29. The monoisotopic (exact) mass is 303 g/mol. The highest BCUT2D eigenvalue weighted by atomic mass is 16.2. The zero-order valence-corrected chi connectivity index (χ0v) is 13.6. The van der Waals surface area contributed by atoms with Gasteiger partial charge in [-0.25, -0.2) is 4.79 Å². The first-order chi connectivity index (χ1) is 10.5. The Hall–Kier alpha value is -2.04. The Morgan fingerprint density at radius 2 is 2.09 bits per heavy atom. The average Bonchev–Trinajstić information content (AvgIpc) is 2.46. The van der Waals surface area contributed by atoms with E-state index in [0.717, 1.165) is 36.3 Å². The predicted molar refractivity (Wildman–Crippen MR) is 89.3 cm³/mol. The summed E-state index contributed by atoms with van der Waals surface area (Å²) in [5.74, 6) is 0.759. The van der Waals surface area contributed by atoms with Gasteiger partial charge in [0.25, 0.3) is 0 Å². The second-order valence-electron chi connectivity index (χ2n) is 6.06. The fourth-order valence-electron chi connectivity index (χ4n) is 2.61. The maximum Gasteiger partial charge on any atom is 0.319 e. The second-order valence-corrected chi connectivity index (χ2v) is 6.06. The number of amides is 3. The van der Waals surface area contributed by atoms with Crippen LogP contribution >= 0.6 is 0 Å². The Bertz CT molecular complexity index is 555. The van der Waals surface area contributed by atoms with E-state index >= 15 is 0 Å². The number of fused-ring (bicyclic) bond motifs is 1. The van der Waals surface area contributed by atoms with Gasteiger partial charge < -0.3 is 15.5 Å². The minimum atomic E-state index is -0.203. The van der Waals surface area contributed by atoms with Crippen LogP contribution in [0.4, 0.5) is 16.2 Å². The van der Waals surface area contributed by atoms with Crippen LogP contribution in [-0.4, -0.2) is 25.0 Å². The molecule has 1 heterocycles. The van der Waals surface area contributed by atoms with E-state index in [1.165, 1.54) is 0 Å². The minimum absolute atomic E-state index is 0.192. The lowest BCUT2D eigenvalue weighted by molar-refractivity contribution is -0.118. The molecule has 0 aliphatic carbocycles. The summed E-state index contributed by atoms with van der Waals surface area (Å²) in [4.78, 5) is 25.6. The van der Waals surface area contributed by atoms with Gasteiger partial charge in [-0.3, -0.25) is 4.79 Å². The first kappa shape index (κ1) is 16.3. The highest BCUT2D eigenvalue weighted by Crippen LogP contribution is 2.30. The molecule has 5 nitrogen and oxygen atoms in total. The van der Waals surface area contributed by atoms with Gasteiger partial charge >= 0.3 is 6.03 Å². The average molecular weight is 303 g/mol. The molecule has 1 aromatic rings. The number of nitrogens with one attached hydrogen (secondary N) is 2. The van der Waals surface area contributed by atoms with Crippen molar-refractivity contribution in [3.63, 3.8) is 0 Å². The summed E-state index contributed by atoms with van der Waals surface area (Å²) in [5, 5.41) is 5.52. The van der Waals surface area contributed by atoms with Crippen LogP contribution in [0.15, 0.2) is 18.2 Å². The van der Waals surface area contributed by atoms with Gasteiger partial charge in [-0.15, -0.1) is 0 Å². The smallest absolute Gasteiger partial charge is 0.319 e. The number of nitrogens with zero attached hydrogens (tertiary/aromatic N) is 1. The number of urea groups is 1. The summed E-state index contributed by atoms with van der Waals surface area (Å²) in [5.41, 5.74) is 2.87. The quantitative estimate of drug-likeness (QED) is 0.877. The van der Waals surface area contributed by atoms with E-state index in [4.69, 9.17) is 0 Å². The van der Waals surface area contributed by atoms with Crippen molar-refractivity contribution < 1.29 is 9.59 Å². The number of rotatable bonds is 5. The SMILES string of the molecule is CCNC(=O)Nc1ccc2c(c1)CCC(=O)N2CCC(C)C. The fraction of sp³-hybridized carbons (Fsp3) is 0.529. The third-order valence-electron chi connectivity index (χ3n) is 3.80. The number of carbonyl (C=O) groups is 2. The summed E-state index contributed by atoms with van der Waals surface area (Å²) >= 11 is 0. The van der Waals surface area contributed by atoms with Crippen LogP contribution in [0, 0.1) is 5.92 Å². The van der Waals surface area contributed by atoms with Crippen molar-refractivity contribution in [3.8, 4) is 0 Å². The van der Waals surface area contributed by atoms with Crippen molar-refractivity contribution in [3.05, 3.63) is 23.8 Å². The van der Waals surface area contributed by atoms with Crippen LogP contribution < -0.4 is 15.5 Å². The first-order valence-corrected chi connectivity index (χ1v) is 7.99. The Balaban J connectivity index is 2.15. The number of benzene rings is 1. The molecule has 0 aromatic heterocycles. The van der Waals surface area contributed by atoms with Crippen LogP contribution in [0.5, 0.6) is 0 Å². The molecule has 1 aromatic carbocycles. The molecule has 0 saturated carbocycles. The van der Waals surface area contributed by atoms with E-state index in [0.29, 0.717) is 18.9 Å². The Kier molecular flexibility index (Phi) is 5.41. The number of anilines is 2. The maximum absolute atomic E-state index is 12.2. The highest BCUT2D eigenvalue weighted by molar-refractivity contribution is 5.97. The molecule has 0 fully saturated rings. The third-order valence-corrected chi connectivity index (χ3v) is 3.80. The number of aryl methyl sites for hydroxylation is 1. The lowest BCUT2D eigenvalue weighted by atomic mass is 9.99. The van der Waals surface area contributed by atoms with Gasteiger partial charge in [-0.2, -0.15) is 0 Å². The van der Waals surface area contributed by atoms with Gasteiger partial charge in [-0.1, -0.05) is 13.8 Å². The number of hydrogen-bond acceptors (Lipinski definition) is 2. The molecular formula is C17H25N3O2. The van der Waals surface area contributed by atoms with Crippen LogP contribution in [0.1, 0.15) is 39.2 Å². The summed E-state index contributed by atoms with van der Waals surface area (Å²) in [6, 6.07) is 5.56. The zero-order chi connectivity index (χ0) is 16.1. The molecule has 0 spiro atoms. The van der Waals surface area contributed by atoms with Crippen LogP contribution in [0.3, 0.4) is 0 Å². The van der Waals surface area contributed by atoms with Gasteiger partial charge in [0.05, 0.1) is 0 Å². The molecule has 0 atom stereocenters. The molecule has 120 valence electrons. The van der Waals surface area contributed by atoms with E-state index in [9.17, 15) is 9.59 Å². The molecule has 0 unspecified atom stereocenters. The van der Waals surface area contributed by atoms with E-state index in [1.807, 2.05) is 30.0 Å². The molecule has 3 amide bonds. The molecule has 2 N–H and O–H groups in total. The molecule has 2 rings (SSSR count). The van der Waals surface area contributed by atoms with Crippen LogP contribution in [0.25, 0.3) is 0 Å². The summed E-state index contributed by atoms with van der Waals surface area (Å²) in [7, 11) is 0. The van der Waals surface area contributed by atoms with Gasteiger partial charge in [0.1, 0.15) is 0 Å². The Labute approximate surface area is 132 Å². The van der Waals surface area contributed by atoms with Crippen LogP contribution in [0.2, 0.25) is 0 Å². The number of carbonyl (C=O) groups excluding carboxylic acids is 2. The Morgan fingerprint density at radius 3 is 2.77 bits per heavy atom. The molecule has 0 saturated heterocycles. The molecule has 0 radical (unpaired) electrons. The molecule has 22 heavy (non-hydrogen) atoms. The molecular weight excluding hydrogens is 278 g/mol. The van der Waals surface area contributed by atoms with Crippen molar-refractivity contribution >= 4 is 23.3 Å². The van der Waals surface area contributed by atoms with Gasteiger partial charge in [0, 0.05) is 30.9 Å². The molecule has 0 bridgehead atoms. The lowest BCUT2D eigenvalue weighted by Crippen LogP contribution is -2.36. The summed E-state index contributed by atoms with van der Waals surface area (Å²) in [6.07, 6.45) is 2.26. The van der Waals surface area contributed by atoms with E-state index in [2.05, 4.69) is 24.5 Å². The first-order valence-electron chi connectivity index (χ1n) is 7.99. The van der Waals surface area contributed by atoms with Gasteiger partial charge in [0.15, 0.2) is 0 Å². The van der Waals surface area contributed by atoms with Crippen molar-refractivity contribution in [2.24, 2.45) is 5.92 Å². The molecule has 1 aliphatic heterocycles. The van der Waals surface area contributed by atoms with Crippen molar-refractivity contribution in [1.82, 2.24) is 5.32 Å². The Morgan fingerprint density at radius 1 is 1.32 bits per heavy atom. The largest absolute Gasteiger partial charge is 0.338 e. The summed E-state index contributed by atoms with van der Waals surface area (Å²) in [6.45, 7) is 7.55. The fourth-order valence-corrected chi connectivity index (χ4v) is 2.61. The highest BCUT2D eigenvalue weighted by Gasteiger charge is 2.24. The van der Waals surface area contributed by atoms with E-state index < -0.39 is 0 Å². The lowest BCUT2D eigenvalue weighted by Gasteiger charge is -2.30. The van der Waals surface area contributed by atoms with Gasteiger partial charge in [0.2, 0.25) is 5.91 Å². The maximum atomic E-state index is 12.2. The third kappa shape index (κ3) is 4.00. The summed E-state index contributed by atoms with van der Waals surface area (Å²) < 4.78 is 0. The van der Waals surface area contributed by atoms with E-state index in [1.54, 1.807) is 0 Å². The molecule has 5 heteroatoms. The van der Waals surface area contributed by atoms with Gasteiger partial charge in [-0.05, 0) is 49.4 Å². The molecule has 1 aliphatic rings. The normalized spacial score (nSPS) is 14.0.